The Labute approximate surface area is 98.8 Å². The Hall–Kier alpha value is -1.38. The van der Waals surface area contributed by atoms with Crippen LogP contribution in [0.2, 0.25) is 0 Å². The minimum absolute atomic E-state index is 0.639. The molecule has 2 rings (SSSR count). The van der Waals surface area contributed by atoms with Crippen molar-refractivity contribution in [2.45, 2.75) is 27.7 Å². The van der Waals surface area contributed by atoms with E-state index >= 15 is 0 Å². The van der Waals surface area contributed by atoms with E-state index in [4.69, 9.17) is 9.47 Å². The van der Waals surface area contributed by atoms with Crippen LogP contribution in [0.25, 0.3) is 0 Å². The molecule has 0 radical (unpaired) electrons. The minimum Gasteiger partial charge on any atom is -0.486 e. The lowest BCUT2D eigenvalue weighted by atomic mass is 10.2. The molecule has 16 heavy (non-hydrogen) atoms. The number of anilines is 1. The van der Waals surface area contributed by atoms with Gasteiger partial charge in [0.2, 0.25) is 0 Å². The summed E-state index contributed by atoms with van der Waals surface area (Å²) in [5.41, 5.74) is 1.04. The summed E-state index contributed by atoms with van der Waals surface area (Å²) < 4.78 is 10.8. The maximum absolute atomic E-state index is 5.40. The first-order valence-corrected chi connectivity index (χ1v) is 5.97. The van der Waals surface area contributed by atoms with Crippen molar-refractivity contribution in [3.05, 3.63) is 18.2 Å². The van der Waals surface area contributed by atoms with E-state index in [2.05, 4.69) is 5.32 Å². The molecule has 1 heterocycles. The second kappa shape index (κ2) is 8.89. The average molecular weight is 225 g/mol. The number of ether oxygens (including phenoxy) is 2. The van der Waals surface area contributed by atoms with Crippen LogP contribution in [0.1, 0.15) is 27.7 Å². The lowest BCUT2D eigenvalue weighted by Gasteiger charge is -2.18. The van der Waals surface area contributed by atoms with E-state index in [1.807, 2.05) is 52.9 Å². The van der Waals surface area contributed by atoms with Crippen LogP contribution in [0, 0.1) is 0 Å². The second-order valence-corrected chi connectivity index (χ2v) is 2.61. The molecule has 0 atom stereocenters. The Balaban J connectivity index is 0.000000509. The van der Waals surface area contributed by atoms with Gasteiger partial charge in [0, 0.05) is 18.8 Å². The predicted molar refractivity (Wildman–Crippen MR) is 69.7 cm³/mol. The quantitative estimate of drug-likeness (QED) is 0.792. The maximum atomic E-state index is 5.40. The SMILES string of the molecule is CC.CC.CNc1ccc2c(c1)OCCO2. The van der Waals surface area contributed by atoms with Crippen molar-refractivity contribution in [1.29, 1.82) is 0 Å². The van der Waals surface area contributed by atoms with Crippen LogP contribution >= 0.6 is 0 Å². The van der Waals surface area contributed by atoms with E-state index < -0.39 is 0 Å². The number of nitrogens with one attached hydrogen (secondary N) is 1. The molecule has 0 saturated carbocycles. The molecule has 0 fully saturated rings. The van der Waals surface area contributed by atoms with Gasteiger partial charge in [0.1, 0.15) is 13.2 Å². The number of hydrogen-bond acceptors (Lipinski definition) is 3. The van der Waals surface area contributed by atoms with E-state index in [-0.39, 0.29) is 0 Å². The van der Waals surface area contributed by atoms with E-state index in [1.165, 1.54) is 0 Å². The van der Waals surface area contributed by atoms with Gasteiger partial charge >= 0.3 is 0 Å². The van der Waals surface area contributed by atoms with Crippen molar-refractivity contribution >= 4 is 5.69 Å². The number of fused-ring (bicyclic) bond motifs is 1. The summed E-state index contributed by atoms with van der Waals surface area (Å²) >= 11 is 0. The van der Waals surface area contributed by atoms with Gasteiger partial charge in [-0.05, 0) is 12.1 Å². The van der Waals surface area contributed by atoms with E-state index in [9.17, 15) is 0 Å². The first-order chi connectivity index (χ1) is 7.90. The summed E-state index contributed by atoms with van der Waals surface area (Å²) in [6.45, 7) is 9.28. The van der Waals surface area contributed by atoms with Crippen LogP contribution < -0.4 is 14.8 Å². The molecule has 3 heteroatoms. The third-order valence-electron chi connectivity index (χ3n) is 1.83. The van der Waals surface area contributed by atoms with Gasteiger partial charge in [0.25, 0.3) is 0 Å². The topological polar surface area (TPSA) is 30.5 Å². The second-order valence-electron chi connectivity index (χ2n) is 2.61. The Morgan fingerprint density at radius 3 is 2.06 bits per heavy atom. The van der Waals surface area contributed by atoms with Gasteiger partial charge in [-0.3, -0.25) is 0 Å². The molecule has 1 N–H and O–H groups in total. The monoisotopic (exact) mass is 225 g/mol. The Morgan fingerprint density at radius 2 is 1.50 bits per heavy atom. The zero-order valence-electron chi connectivity index (χ0n) is 11.0. The Bertz CT molecular complexity index is 287. The molecule has 0 spiro atoms. The van der Waals surface area contributed by atoms with Gasteiger partial charge in [0.05, 0.1) is 0 Å². The molecule has 1 aromatic rings. The maximum Gasteiger partial charge on any atom is 0.163 e. The van der Waals surface area contributed by atoms with Crippen molar-refractivity contribution in [2.75, 3.05) is 25.6 Å². The van der Waals surface area contributed by atoms with Crippen LogP contribution in [0.15, 0.2) is 18.2 Å². The zero-order valence-corrected chi connectivity index (χ0v) is 11.0. The van der Waals surface area contributed by atoms with Crippen molar-refractivity contribution in [3.63, 3.8) is 0 Å². The largest absolute Gasteiger partial charge is 0.486 e. The number of rotatable bonds is 1. The lowest BCUT2D eigenvalue weighted by Crippen LogP contribution is -2.15. The third kappa shape index (κ3) is 4.01. The molecule has 0 saturated heterocycles. The Kier molecular flexibility index (Phi) is 8.12. The van der Waals surface area contributed by atoms with Gasteiger partial charge in [0.15, 0.2) is 11.5 Å². The summed E-state index contributed by atoms with van der Waals surface area (Å²) in [5, 5.41) is 3.04. The van der Waals surface area contributed by atoms with Crippen molar-refractivity contribution < 1.29 is 9.47 Å². The van der Waals surface area contributed by atoms with Crippen LogP contribution in [-0.2, 0) is 0 Å². The fourth-order valence-corrected chi connectivity index (χ4v) is 1.20. The molecule has 0 amide bonds. The van der Waals surface area contributed by atoms with Gasteiger partial charge in [-0.15, -0.1) is 0 Å². The molecule has 3 nitrogen and oxygen atoms in total. The van der Waals surface area contributed by atoms with Crippen LogP contribution in [-0.4, -0.2) is 20.3 Å². The molecular weight excluding hydrogens is 202 g/mol. The fraction of sp³-hybridized carbons (Fsp3) is 0.538. The molecule has 0 bridgehead atoms. The standard InChI is InChI=1S/C9H11NO2.2C2H6/c1-10-7-2-3-8-9(6-7)12-5-4-11-8;2*1-2/h2-3,6,10H,4-5H2,1H3;2*1-2H3. The molecule has 92 valence electrons. The average Bonchev–Trinajstić information content (AvgIpc) is 2.42. The first kappa shape index (κ1) is 14.6. The molecular formula is C13H23NO2. The minimum atomic E-state index is 0.639. The van der Waals surface area contributed by atoms with Gasteiger partial charge in [-0.25, -0.2) is 0 Å². The van der Waals surface area contributed by atoms with Crippen molar-refractivity contribution in [3.8, 4) is 11.5 Å². The first-order valence-electron chi connectivity index (χ1n) is 5.97. The van der Waals surface area contributed by atoms with Crippen molar-refractivity contribution in [1.82, 2.24) is 0 Å². The highest BCUT2D eigenvalue weighted by molar-refractivity contribution is 5.54. The smallest absolute Gasteiger partial charge is 0.163 e. The summed E-state index contributed by atoms with van der Waals surface area (Å²) in [6, 6.07) is 5.82. The van der Waals surface area contributed by atoms with Crippen LogP contribution in [0.5, 0.6) is 11.5 Å². The van der Waals surface area contributed by atoms with Crippen LogP contribution in [0.3, 0.4) is 0 Å². The van der Waals surface area contributed by atoms with Gasteiger partial charge in [-0.1, -0.05) is 27.7 Å². The number of hydrogen-bond donors (Lipinski definition) is 1. The highest BCUT2D eigenvalue weighted by atomic mass is 16.6. The van der Waals surface area contributed by atoms with E-state index in [0.29, 0.717) is 13.2 Å². The summed E-state index contributed by atoms with van der Waals surface area (Å²) in [6.07, 6.45) is 0. The zero-order chi connectivity index (χ0) is 12.4. The Morgan fingerprint density at radius 1 is 0.938 bits per heavy atom. The molecule has 1 aliphatic heterocycles. The molecule has 1 aromatic carbocycles. The van der Waals surface area contributed by atoms with E-state index in [0.717, 1.165) is 17.2 Å². The molecule has 0 aromatic heterocycles. The summed E-state index contributed by atoms with van der Waals surface area (Å²) in [4.78, 5) is 0. The third-order valence-corrected chi connectivity index (χ3v) is 1.83. The fourth-order valence-electron chi connectivity index (χ4n) is 1.20. The highest BCUT2D eigenvalue weighted by Crippen LogP contribution is 2.32. The lowest BCUT2D eigenvalue weighted by molar-refractivity contribution is 0.171. The number of benzene rings is 1. The molecule has 0 unspecified atom stereocenters. The molecule has 0 aliphatic carbocycles. The van der Waals surface area contributed by atoms with E-state index in [1.54, 1.807) is 0 Å². The predicted octanol–water partition coefficient (Wildman–Crippen LogP) is 3.55. The highest BCUT2D eigenvalue weighted by Gasteiger charge is 2.10. The molecule has 1 aliphatic rings. The summed E-state index contributed by atoms with van der Waals surface area (Å²) in [5.74, 6) is 1.66. The van der Waals surface area contributed by atoms with Gasteiger partial charge in [-0.2, -0.15) is 0 Å². The summed E-state index contributed by atoms with van der Waals surface area (Å²) in [7, 11) is 1.88. The normalized spacial score (nSPS) is 11.3. The van der Waals surface area contributed by atoms with Crippen molar-refractivity contribution in [2.24, 2.45) is 0 Å². The van der Waals surface area contributed by atoms with Crippen LogP contribution in [0.4, 0.5) is 5.69 Å². The van der Waals surface area contributed by atoms with Gasteiger partial charge < -0.3 is 14.8 Å².